The maximum absolute atomic E-state index is 13.3. The minimum Gasteiger partial charge on any atom is -0.443 e. The number of aryl methyl sites for hydroxylation is 2. The minimum atomic E-state index is -0.661. The van der Waals surface area contributed by atoms with Gasteiger partial charge in [-0.1, -0.05) is 22.8 Å². The molecular weight excluding hydrogens is 480 g/mol. The van der Waals surface area contributed by atoms with Gasteiger partial charge in [0.25, 0.3) is 0 Å². The van der Waals surface area contributed by atoms with Crippen LogP contribution in [0.2, 0.25) is 5.02 Å². The Labute approximate surface area is 212 Å². The van der Waals surface area contributed by atoms with Gasteiger partial charge in [0.15, 0.2) is 0 Å². The molecule has 0 aliphatic carbocycles. The number of carbonyl (C=O) groups excluding carboxylic acids is 1. The van der Waals surface area contributed by atoms with Gasteiger partial charge in [-0.2, -0.15) is 5.10 Å². The number of benzene rings is 1. The van der Waals surface area contributed by atoms with Gasteiger partial charge >= 0.3 is 6.09 Å². The number of rotatable bonds is 4. The third-order valence-corrected chi connectivity index (χ3v) is 5.87. The molecule has 0 aliphatic heterocycles. The highest BCUT2D eigenvalue weighted by Gasteiger charge is 2.24. The number of hydrogen-bond donors (Lipinski definition) is 1. The van der Waals surface area contributed by atoms with Gasteiger partial charge in [-0.3, -0.25) is 4.68 Å². The van der Waals surface area contributed by atoms with Crippen molar-refractivity contribution in [2.45, 2.75) is 33.3 Å². The molecule has 36 heavy (non-hydrogen) atoms. The zero-order valence-electron chi connectivity index (χ0n) is 20.5. The van der Waals surface area contributed by atoms with Crippen molar-refractivity contribution in [1.29, 1.82) is 0 Å². The lowest BCUT2D eigenvalue weighted by atomic mass is 10.1. The molecule has 0 saturated carbocycles. The number of anilines is 2. The standard InChI is InChI=1S/C26H25ClN6O3/c1-15-19(13-30-36-15)16-6-7-21(20(27)8-16)31-24-10-23-17(11-28-24)9-22(18-12-29-32(5)14-18)33(23)25(34)35-26(2,3)4/h6-14H,1-5H3,(H,28,31). The lowest BCUT2D eigenvalue weighted by Crippen LogP contribution is -2.27. The molecule has 1 N–H and O–H groups in total. The van der Waals surface area contributed by atoms with E-state index >= 15 is 0 Å². The molecule has 5 aromatic rings. The summed E-state index contributed by atoms with van der Waals surface area (Å²) in [6.07, 6.45) is 6.44. The lowest BCUT2D eigenvalue weighted by molar-refractivity contribution is 0.0547. The van der Waals surface area contributed by atoms with E-state index in [0.29, 0.717) is 33.5 Å². The summed E-state index contributed by atoms with van der Waals surface area (Å²) in [6, 6.07) is 9.33. The molecule has 1 aromatic carbocycles. The fourth-order valence-electron chi connectivity index (χ4n) is 3.94. The summed E-state index contributed by atoms with van der Waals surface area (Å²) in [5, 5.41) is 12.6. The van der Waals surface area contributed by atoms with E-state index in [1.165, 1.54) is 0 Å². The van der Waals surface area contributed by atoms with Crippen molar-refractivity contribution in [3.8, 4) is 22.4 Å². The summed E-state index contributed by atoms with van der Waals surface area (Å²) >= 11 is 6.58. The quantitative estimate of drug-likeness (QED) is 0.295. The maximum atomic E-state index is 13.3. The predicted octanol–water partition coefficient (Wildman–Crippen LogP) is 6.58. The van der Waals surface area contributed by atoms with Crippen LogP contribution in [-0.4, -0.2) is 36.2 Å². The Balaban J connectivity index is 1.54. The van der Waals surface area contributed by atoms with Crippen LogP contribution >= 0.6 is 11.6 Å². The normalized spacial score (nSPS) is 11.7. The molecule has 0 saturated heterocycles. The van der Waals surface area contributed by atoms with Crippen molar-refractivity contribution < 1.29 is 14.1 Å². The molecule has 10 heteroatoms. The number of hydrogen-bond acceptors (Lipinski definition) is 7. The number of pyridine rings is 1. The zero-order chi connectivity index (χ0) is 25.6. The van der Waals surface area contributed by atoms with Crippen molar-refractivity contribution in [2.24, 2.45) is 7.05 Å². The Morgan fingerprint density at radius 3 is 2.56 bits per heavy atom. The van der Waals surface area contributed by atoms with E-state index in [4.69, 9.17) is 20.9 Å². The molecule has 0 aliphatic rings. The molecule has 0 unspecified atom stereocenters. The summed E-state index contributed by atoms with van der Waals surface area (Å²) in [5.74, 6) is 1.24. The molecule has 4 heterocycles. The van der Waals surface area contributed by atoms with Gasteiger partial charge in [0.05, 0.1) is 34.3 Å². The summed E-state index contributed by atoms with van der Waals surface area (Å²) in [6.45, 7) is 7.35. The van der Waals surface area contributed by atoms with Crippen molar-refractivity contribution in [3.63, 3.8) is 0 Å². The highest BCUT2D eigenvalue weighted by atomic mass is 35.5. The second kappa shape index (κ2) is 8.83. The van der Waals surface area contributed by atoms with E-state index in [1.54, 1.807) is 33.9 Å². The van der Waals surface area contributed by atoms with Gasteiger partial charge < -0.3 is 14.6 Å². The van der Waals surface area contributed by atoms with Crippen molar-refractivity contribution in [2.75, 3.05) is 5.32 Å². The Hall–Kier alpha value is -4.11. The van der Waals surface area contributed by atoms with E-state index in [9.17, 15) is 4.79 Å². The van der Waals surface area contributed by atoms with Crippen molar-refractivity contribution in [1.82, 2.24) is 24.5 Å². The molecule has 4 aromatic heterocycles. The molecule has 184 valence electrons. The highest BCUT2D eigenvalue weighted by molar-refractivity contribution is 6.33. The fraction of sp³-hybridized carbons (Fsp3) is 0.231. The number of nitrogens with zero attached hydrogens (tertiary/aromatic N) is 5. The van der Waals surface area contributed by atoms with Crippen LogP contribution in [0.5, 0.6) is 0 Å². The number of halogens is 1. The van der Waals surface area contributed by atoms with Gasteiger partial charge in [0.1, 0.15) is 17.2 Å². The van der Waals surface area contributed by atoms with E-state index in [-0.39, 0.29) is 0 Å². The minimum absolute atomic E-state index is 0.486. The van der Waals surface area contributed by atoms with Crippen molar-refractivity contribution >= 4 is 40.1 Å². The first-order valence-electron chi connectivity index (χ1n) is 11.3. The van der Waals surface area contributed by atoms with Gasteiger partial charge in [-0.25, -0.2) is 14.3 Å². The summed E-state index contributed by atoms with van der Waals surface area (Å²) in [4.78, 5) is 17.8. The zero-order valence-corrected chi connectivity index (χ0v) is 21.3. The van der Waals surface area contributed by atoms with E-state index in [2.05, 4.69) is 20.6 Å². The Morgan fingerprint density at radius 1 is 1.11 bits per heavy atom. The number of aromatic nitrogens is 5. The first-order valence-corrected chi connectivity index (χ1v) is 11.7. The van der Waals surface area contributed by atoms with Crippen LogP contribution in [0.4, 0.5) is 16.3 Å². The van der Waals surface area contributed by atoms with Crippen LogP contribution in [0.3, 0.4) is 0 Å². The van der Waals surface area contributed by atoms with Crippen LogP contribution in [0.25, 0.3) is 33.3 Å². The topological polar surface area (TPSA) is 100 Å². The molecule has 0 spiro atoms. The van der Waals surface area contributed by atoms with Crippen LogP contribution in [-0.2, 0) is 11.8 Å². The smallest absolute Gasteiger partial charge is 0.419 e. The summed E-state index contributed by atoms with van der Waals surface area (Å²) in [5.41, 5.74) is 3.88. The SMILES string of the molecule is Cc1oncc1-c1ccc(Nc2cc3c(cn2)cc(-c2cnn(C)c2)n3C(=O)OC(C)(C)C)c(Cl)c1. The van der Waals surface area contributed by atoms with E-state index in [1.807, 2.05) is 65.2 Å². The highest BCUT2D eigenvalue weighted by Crippen LogP contribution is 2.34. The molecule has 0 radical (unpaired) electrons. The van der Waals surface area contributed by atoms with Crippen LogP contribution in [0, 0.1) is 6.92 Å². The van der Waals surface area contributed by atoms with Crippen LogP contribution < -0.4 is 5.32 Å². The number of fused-ring (bicyclic) bond motifs is 1. The maximum Gasteiger partial charge on any atom is 0.419 e. The van der Waals surface area contributed by atoms with Crippen molar-refractivity contribution in [3.05, 3.63) is 65.9 Å². The summed E-state index contributed by atoms with van der Waals surface area (Å²) < 4.78 is 14.1. The van der Waals surface area contributed by atoms with Gasteiger partial charge in [-0.15, -0.1) is 0 Å². The third-order valence-electron chi connectivity index (χ3n) is 5.56. The van der Waals surface area contributed by atoms with Gasteiger partial charge in [0, 0.05) is 42.0 Å². The number of ether oxygens (including phenoxy) is 1. The Morgan fingerprint density at radius 2 is 1.92 bits per heavy atom. The monoisotopic (exact) mass is 504 g/mol. The first-order chi connectivity index (χ1) is 17.1. The van der Waals surface area contributed by atoms with Gasteiger partial charge in [-0.05, 0) is 51.5 Å². The molecule has 0 fully saturated rings. The number of carbonyl (C=O) groups is 1. The van der Waals surface area contributed by atoms with Gasteiger partial charge in [0.2, 0.25) is 0 Å². The molecule has 0 atom stereocenters. The molecule has 5 rings (SSSR count). The largest absolute Gasteiger partial charge is 0.443 e. The molecule has 0 bridgehead atoms. The molecular formula is C26H25ClN6O3. The average Bonchev–Trinajstić information content (AvgIpc) is 3.51. The van der Waals surface area contributed by atoms with Crippen LogP contribution in [0.15, 0.2) is 59.6 Å². The fourth-order valence-corrected chi connectivity index (χ4v) is 4.17. The second-order valence-corrected chi connectivity index (χ2v) is 9.90. The average molecular weight is 505 g/mol. The van der Waals surface area contributed by atoms with E-state index in [0.717, 1.165) is 22.1 Å². The molecule has 0 amide bonds. The first kappa shape index (κ1) is 23.6. The Bertz CT molecular complexity index is 1590. The lowest BCUT2D eigenvalue weighted by Gasteiger charge is -2.21. The van der Waals surface area contributed by atoms with Crippen LogP contribution in [0.1, 0.15) is 26.5 Å². The summed E-state index contributed by atoms with van der Waals surface area (Å²) in [7, 11) is 1.83. The van der Waals surface area contributed by atoms with E-state index < -0.39 is 11.7 Å². The molecule has 9 nitrogen and oxygen atoms in total. The Kier molecular flexibility index (Phi) is 5.80. The number of nitrogens with one attached hydrogen (secondary N) is 1. The predicted molar refractivity (Wildman–Crippen MR) is 139 cm³/mol. The third kappa shape index (κ3) is 4.57. The second-order valence-electron chi connectivity index (χ2n) is 9.49.